The molecule has 0 aliphatic rings. The van der Waals surface area contributed by atoms with Gasteiger partial charge in [-0.1, -0.05) is 0 Å². The largest absolute Gasteiger partial charge is 0.502 e. The third-order valence-electron chi connectivity index (χ3n) is 1.85. The molecule has 7 heteroatoms. The van der Waals surface area contributed by atoms with Gasteiger partial charge in [0.1, 0.15) is 0 Å². The molecule has 0 heterocycles. The van der Waals surface area contributed by atoms with Crippen molar-refractivity contribution in [3.8, 4) is 5.75 Å². The van der Waals surface area contributed by atoms with Crippen LogP contribution in [0.4, 0.5) is 14.5 Å². The Hall–Kier alpha value is -1.76. The van der Waals surface area contributed by atoms with Gasteiger partial charge in [0.25, 0.3) is 5.92 Å². The predicted octanol–water partition coefficient (Wildman–Crippen LogP) is 1.35. The number of benzene rings is 1. The summed E-state index contributed by atoms with van der Waals surface area (Å²) in [6.07, 6.45) is 0. The van der Waals surface area contributed by atoms with Crippen LogP contribution in [0.25, 0.3) is 0 Å². The van der Waals surface area contributed by atoms with Crippen molar-refractivity contribution in [1.29, 1.82) is 0 Å². The van der Waals surface area contributed by atoms with E-state index in [1.807, 2.05) is 0 Å². The van der Waals surface area contributed by atoms with Gasteiger partial charge in [-0.15, -0.1) is 0 Å². The molecule has 0 aromatic heterocycles. The summed E-state index contributed by atoms with van der Waals surface area (Å²) in [4.78, 5) is 9.42. The molecule has 0 aliphatic heterocycles. The number of nitrogens with zero attached hydrogens (tertiary/aromatic N) is 1. The van der Waals surface area contributed by atoms with Gasteiger partial charge in [0, 0.05) is 11.6 Å². The Morgan fingerprint density at radius 3 is 2.53 bits per heavy atom. The summed E-state index contributed by atoms with van der Waals surface area (Å²) in [6, 6.07) is 2.32. The topological polar surface area (TPSA) is 89.4 Å². The molecular weight excluding hydrogens is 210 g/mol. The van der Waals surface area contributed by atoms with Gasteiger partial charge in [0.05, 0.1) is 11.5 Å². The van der Waals surface area contributed by atoms with Crippen LogP contribution < -0.4 is 5.73 Å². The third-order valence-corrected chi connectivity index (χ3v) is 1.85. The van der Waals surface area contributed by atoms with Crippen molar-refractivity contribution in [3.63, 3.8) is 0 Å². The lowest BCUT2D eigenvalue weighted by atomic mass is 10.1. The van der Waals surface area contributed by atoms with Crippen LogP contribution in [0, 0.1) is 10.1 Å². The first-order valence-electron chi connectivity index (χ1n) is 3.94. The molecule has 0 amide bonds. The molecule has 0 saturated carbocycles. The number of phenolic OH excluding ortho intramolecular Hbond substituents is 1. The average molecular weight is 218 g/mol. The molecule has 0 atom stereocenters. The number of rotatable bonds is 3. The van der Waals surface area contributed by atoms with Crippen LogP contribution in [0.3, 0.4) is 0 Å². The van der Waals surface area contributed by atoms with Gasteiger partial charge in [-0.05, 0) is 12.1 Å². The molecule has 1 rings (SSSR count). The highest BCUT2D eigenvalue weighted by Gasteiger charge is 2.31. The average Bonchev–Trinajstić information content (AvgIpc) is 2.17. The van der Waals surface area contributed by atoms with Gasteiger partial charge in [-0.2, -0.15) is 8.78 Å². The number of halogens is 2. The lowest BCUT2D eigenvalue weighted by Crippen LogP contribution is -2.24. The maximum Gasteiger partial charge on any atom is 0.310 e. The van der Waals surface area contributed by atoms with E-state index in [2.05, 4.69) is 0 Å². The Bertz CT molecular complexity index is 395. The molecule has 0 spiro atoms. The second-order valence-electron chi connectivity index (χ2n) is 2.87. The van der Waals surface area contributed by atoms with Gasteiger partial charge in [-0.25, -0.2) is 0 Å². The smallest absolute Gasteiger partial charge is 0.310 e. The second kappa shape index (κ2) is 3.77. The molecule has 15 heavy (non-hydrogen) atoms. The molecule has 0 radical (unpaired) electrons. The van der Waals surface area contributed by atoms with Crippen LogP contribution in [0.2, 0.25) is 0 Å². The maximum atomic E-state index is 13.0. The number of hydrogen-bond donors (Lipinski definition) is 2. The first-order valence-corrected chi connectivity index (χ1v) is 3.94. The Kier molecular flexibility index (Phi) is 2.85. The molecule has 0 aliphatic carbocycles. The molecule has 82 valence electrons. The fraction of sp³-hybridized carbons (Fsp3) is 0.250. The molecule has 0 bridgehead atoms. The maximum absolute atomic E-state index is 13.0. The van der Waals surface area contributed by atoms with E-state index < -0.39 is 34.4 Å². The monoisotopic (exact) mass is 218 g/mol. The minimum Gasteiger partial charge on any atom is -0.502 e. The number of nitrogens with two attached hydrogens (primary N) is 1. The van der Waals surface area contributed by atoms with E-state index in [0.29, 0.717) is 6.07 Å². The first kappa shape index (κ1) is 11.3. The summed E-state index contributed by atoms with van der Waals surface area (Å²) in [5.74, 6) is -4.10. The van der Waals surface area contributed by atoms with Crippen molar-refractivity contribution in [2.75, 3.05) is 6.54 Å². The van der Waals surface area contributed by atoms with Crippen LogP contribution in [0.15, 0.2) is 18.2 Å². The van der Waals surface area contributed by atoms with Gasteiger partial charge < -0.3 is 10.8 Å². The summed E-state index contributed by atoms with van der Waals surface area (Å²) in [6.45, 7) is -0.926. The zero-order valence-electron chi connectivity index (χ0n) is 7.48. The molecule has 1 aromatic carbocycles. The second-order valence-corrected chi connectivity index (χ2v) is 2.87. The molecule has 0 unspecified atom stereocenters. The predicted molar refractivity (Wildman–Crippen MR) is 47.7 cm³/mol. The molecular formula is C8H8F2N2O3. The van der Waals surface area contributed by atoms with Crippen LogP contribution in [-0.4, -0.2) is 16.6 Å². The number of alkyl halides is 2. The Morgan fingerprint density at radius 1 is 1.53 bits per heavy atom. The SMILES string of the molecule is NCC(F)(F)c1ccc([N+](=O)[O-])c(O)c1. The van der Waals surface area contributed by atoms with E-state index in [9.17, 15) is 18.9 Å². The van der Waals surface area contributed by atoms with Crippen molar-refractivity contribution in [3.05, 3.63) is 33.9 Å². The summed E-state index contributed by atoms with van der Waals surface area (Å²) in [5, 5.41) is 19.4. The molecule has 3 N–H and O–H groups in total. The quantitative estimate of drug-likeness (QED) is 0.591. The van der Waals surface area contributed by atoms with Crippen LogP contribution in [0.5, 0.6) is 5.75 Å². The van der Waals surface area contributed by atoms with E-state index in [4.69, 9.17) is 10.8 Å². The zero-order valence-corrected chi connectivity index (χ0v) is 7.48. The third kappa shape index (κ3) is 2.18. The summed E-state index contributed by atoms with van der Waals surface area (Å²) in [7, 11) is 0. The summed E-state index contributed by atoms with van der Waals surface area (Å²) >= 11 is 0. The number of nitro groups is 1. The van der Waals surface area contributed by atoms with E-state index in [1.54, 1.807) is 0 Å². The zero-order chi connectivity index (χ0) is 11.6. The van der Waals surface area contributed by atoms with Crippen molar-refractivity contribution in [2.24, 2.45) is 5.73 Å². The fourth-order valence-electron chi connectivity index (χ4n) is 1.02. The number of nitro benzene ring substituents is 1. The Balaban J connectivity index is 3.18. The van der Waals surface area contributed by atoms with Gasteiger partial charge >= 0.3 is 5.69 Å². The number of aromatic hydroxyl groups is 1. The van der Waals surface area contributed by atoms with Gasteiger partial charge in [-0.3, -0.25) is 10.1 Å². The van der Waals surface area contributed by atoms with Gasteiger partial charge in [0.15, 0.2) is 5.75 Å². The lowest BCUT2D eigenvalue weighted by molar-refractivity contribution is -0.385. The van der Waals surface area contributed by atoms with Gasteiger partial charge in [0.2, 0.25) is 0 Å². The van der Waals surface area contributed by atoms with E-state index in [0.717, 1.165) is 12.1 Å². The van der Waals surface area contributed by atoms with Crippen molar-refractivity contribution in [1.82, 2.24) is 0 Å². The van der Waals surface area contributed by atoms with E-state index >= 15 is 0 Å². The first-order chi connectivity index (χ1) is 6.88. The minimum absolute atomic E-state index is 0.548. The van der Waals surface area contributed by atoms with Crippen LogP contribution >= 0.6 is 0 Å². The summed E-state index contributed by atoms with van der Waals surface area (Å²) < 4.78 is 26.0. The Morgan fingerprint density at radius 2 is 2.13 bits per heavy atom. The fourth-order valence-corrected chi connectivity index (χ4v) is 1.02. The van der Waals surface area contributed by atoms with Crippen molar-refractivity contribution in [2.45, 2.75) is 5.92 Å². The number of hydrogen-bond acceptors (Lipinski definition) is 4. The molecule has 0 saturated heterocycles. The lowest BCUT2D eigenvalue weighted by Gasteiger charge is -2.13. The normalized spacial score (nSPS) is 11.4. The highest BCUT2D eigenvalue weighted by Crippen LogP contribution is 2.33. The van der Waals surface area contributed by atoms with Crippen molar-refractivity contribution >= 4 is 5.69 Å². The number of phenols is 1. The highest BCUT2D eigenvalue weighted by molar-refractivity contribution is 5.48. The molecule has 5 nitrogen and oxygen atoms in total. The highest BCUT2D eigenvalue weighted by atomic mass is 19.3. The molecule has 0 fully saturated rings. The minimum atomic E-state index is -3.30. The standard InChI is InChI=1S/C8H8F2N2O3/c9-8(10,4-11)5-1-2-6(12(14)15)7(13)3-5/h1-3,13H,4,11H2. The molecule has 1 aromatic rings. The van der Waals surface area contributed by atoms with E-state index in [1.165, 1.54) is 0 Å². The van der Waals surface area contributed by atoms with Crippen LogP contribution in [-0.2, 0) is 5.92 Å². The van der Waals surface area contributed by atoms with Crippen LogP contribution in [0.1, 0.15) is 5.56 Å². The van der Waals surface area contributed by atoms with Crippen molar-refractivity contribution < 1.29 is 18.8 Å². The Labute approximate surface area is 83.3 Å². The summed E-state index contributed by atoms with van der Waals surface area (Å²) in [5.41, 5.74) is 3.65. The van der Waals surface area contributed by atoms with E-state index in [-0.39, 0.29) is 0 Å².